The van der Waals surface area contributed by atoms with Crippen molar-refractivity contribution < 1.29 is 22.2 Å². The van der Waals surface area contributed by atoms with E-state index in [4.69, 9.17) is 0 Å². The third kappa shape index (κ3) is 24.3. The number of rotatable bonds is 24. The van der Waals surface area contributed by atoms with Crippen molar-refractivity contribution in [2.45, 2.75) is 285 Å². The Kier molecular flexibility index (Phi) is 35.5. The lowest BCUT2D eigenvalue weighted by molar-refractivity contribution is -0.0473. The molecule has 0 spiro atoms. The number of piperidine rings is 10. The molecule has 15 fully saturated rings. The summed E-state index contributed by atoms with van der Waals surface area (Å²) >= 11 is 0. The van der Waals surface area contributed by atoms with E-state index in [1.807, 2.05) is 187 Å². The third-order valence-electron chi connectivity index (χ3n) is 27.6. The number of amides is 2. The van der Waals surface area contributed by atoms with Crippen molar-refractivity contribution in [3.05, 3.63) is 253 Å². The van der Waals surface area contributed by atoms with Gasteiger partial charge in [-0.2, -0.15) is 4.40 Å². The summed E-state index contributed by atoms with van der Waals surface area (Å²) in [5, 5.41) is 14.2. The molecule has 5 saturated carbocycles. The van der Waals surface area contributed by atoms with Crippen LogP contribution in [0.1, 0.15) is 286 Å². The van der Waals surface area contributed by atoms with Crippen molar-refractivity contribution in [2.75, 3.05) is 52.4 Å². The monoisotopic (exact) mass is 1700 g/mol. The first-order chi connectivity index (χ1) is 58.1. The van der Waals surface area contributed by atoms with Gasteiger partial charge in [-0.3, -0.25) is 24.3 Å². The number of carbonyl (C=O) groups excluding carboxylic acids is 2. The van der Waals surface area contributed by atoms with E-state index in [0.29, 0.717) is 0 Å². The Labute approximate surface area is 737 Å². The van der Waals surface area contributed by atoms with Crippen molar-refractivity contribution in [2.24, 2.45) is 34.0 Å². The smallest absolute Gasteiger partial charge is 0.251 e. The second kappa shape index (κ2) is 44.5. The maximum absolute atomic E-state index is 13.0. The summed E-state index contributed by atoms with van der Waals surface area (Å²) < 4.78 is 48.7. The summed E-state index contributed by atoms with van der Waals surface area (Å²) in [4.78, 5) is 33.3. The second-order valence-corrected chi connectivity index (χ2v) is 44.3. The minimum atomic E-state index is -1.15. The highest BCUT2D eigenvalue weighted by atomic mass is 32.2. The normalized spacial score (nSPS) is 28.1. The quantitative estimate of drug-likeness (QED) is 0.0252. The number of hydrogen-bond acceptors (Lipinski definition) is 10. The van der Waals surface area contributed by atoms with Crippen molar-refractivity contribution in [1.29, 1.82) is 0 Å². The maximum atomic E-state index is 13.0. The van der Waals surface area contributed by atoms with Gasteiger partial charge in [-0.05, 0) is 280 Å². The molecule has 10 saturated heterocycles. The van der Waals surface area contributed by atoms with E-state index in [-0.39, 0.29) is 77.9 Å². The summed E-state index contributed by atoms with van der Waals surface area (Å²) in [7, 11) is -3.35. The minimum absolute atomic E-state index is 0.00709. The van der Waals surface area contributed by atoms with Crippen molar-refractivity contribution in [3.63, 3.8) is 0 Å². The molecule has 7 atom stereocenters. The predicted octanol–water partition coefficient (Wildman–Crippen LogP) is 20.8. The summed E-state index contributed by atoms with van der Waals surface area (Å²) in [5.74, 6) is 4.10. The zero-order chi connectivity index (χ0) is 87.1. The van der Waals surface area contributed by atoms with Crippen LogP contribution in [0, 0.1) is 29.6 Å². The van der Waals surface area contributed by atoms with Gasteiger partial charge in [0.25, 0.3) is 11.8 Å². The minimum Gasteiger partial charge on any atom is -0.343 e. The van der Waals surface area contributed by atoms with Gasteiger partial charge in [-0.1, -0.05) is 204 Å². The van der Waals surface area contributed by atoms with E-state index in [1.165, 1.54) is 112 Å². The maximum Gasteiger partial charge on any atom is 0.251 e. The molecule has 6 aromatic carbocycles. The third-order valence-corrected chi connectivity index (χ3v) is 32.0. The van der Waals surface area contributed by atoms with Crippen LogP contribution in [0.2, 0.25) is 0 Å². The van der Waals surface area contributed by atoms with Crippen LogP contribution in [0.3, 0.4) is 0 Å². The van der Waals surface area contributed by atoms with Gasteiger partial charge in [0.05, 0.1) is 65.9 Å². The van der Waals surface area contributed by atoms with Gasteiger partial charge in [0, 0.05) is 78.8 Å². The van der Waals surface area contributed by atoms with Crippen LogP contribution in [0.25, 0.3) is 0 Å². The fraction of sp³-hybridized carbons (Fsp3) is 0.563. The molecular weight excluding hydrogens is 1550 g/mol. The number of nitrogens with one attached hydrogen (secondary N) is 6. The summed E-state index contributed by atoms with van der Waals surface area (Å²) in [6.07, 6.45) is 32.2. The van der Waals surface area contributed by atoms with E-state index >= 15 is 0 Å². The van der Waals surface area contributed by atoms with Crippen LogP contribution < -0.4 is 30.7 Å². The van der Waals surface area contributed by atoms with Crippen molar-refractivity contribution in [3.8, 4) is 0 Å². The fourth-order valence-electron chi connectivity index (χ4n) is 20.6. The molecule has 10 aliphatic heterocycles. The average Bonchev–Trinajstić information content (AvgIpc) is 0.685. The number of fused-ring (bicyclic) bond motifs is 15. The second-order valence-electron chi connectivity index (χ2n) is 38.3. The van der Waals surface area contributed by atoms with E-state index in [2.05, 4.69) is 179 Å². The number of hydrogen-bond donors (Lipinski definition) is 6. The molecule has 6 aromatic rings. The fourth-order valence-corrected chi connectivity index (χ4v) is 23.1. The summed E-state index contributed by atoms with van der Waals surface area (Å²) in [6.45, 7) is 46.2. The molecule has 121 heavy (non-hydrogen) atoms. The van der Waals surface area contributed by atoms with Crippen LogP contribution in [0.5, 0.6) is 0 Å². The zero-order valence-corrected chi connectivity index (χ0v) is 78.3. The molecule has 660 valence electrons. The Balaban J connectivity index is 0.000000157. The molecule has 21 rings (SSSR count). The Morgan fingerprint density at radius 3 is 0.950 bits per heavy atom. The Bertz CT molecular complexity index is 4000. The van der Waals surface area contributed by atoms with Gasteiger partial charge >= 0.3 is 0 Å². The van der Waals surface area contributed by atoms with Gasteiger partial charge in [0.15, 0.2) is 0 Å². The van der Waals surface area contributed by atoms with Gasteiger partial charge in [0.2, 0.25) is 0 Å². The Morgan fingerprint density at radius 2 is 0.669 bits per heavy atom. The highest BCUT2D eigenvalue weighted by molar-refractivity contribution is 7.85. The molecule has 15 nitrogen and oxygen atoms in total. The molecule has 10 bridgehead atoms. The zero-order valence-electron chi connectivity index (χ0n) is 75.8. The molecule has 2 amide bonds. The highest BCUT2D eigenvalue weighted by Gasteiger charge is 2.55. The van der Waals surface area contributed by atoms with E-state index in [0.717, 1.165) is 132 Å². The first-order valence-electron chi connectivity index (χ1n) is 46.0. The van der Waals surface area contributed by atoms with Gasteiger partial charge in [-0.25, -0.2) is 22.1 Å². The highest BCUT2D eigenvalue weighted by Crippen LogP contribution is 2.53. The molecule has 10 heterocycles. The van der Waals surface area contributed by atoms with Crippen LogP contribution in [-0.2, 0) is 33.0 Å². The molecule has 6 N–H and O–H groups in total. The SMILES string of the molecule is C=CCN1CC2CCC1(C=N[S@@](=O)C(C)(C)C)CC2.C=CCN1CC2CCC1([C@@H](N[S@@](=O)C(C)(C)C)c1ccccc1)CC2.C=CCN1CC2CCC1([C@H](N[S@@](=O)C(C)(C)C)c1ccccc1)CC2.CC.CC.O=C(N[C@@H](c1ccccc1)C12CCC(CC1)CN2)c1ccccc1.O=C(N[C@H](c1ccccc1)C12CCC(CC1)CN2)c1ccccc1. The largest absolute Gasteiger partial charge is 0.343 e. The van der Waals surface area contributed by atoms with Crippen molar-refractivity contribution in [1.82, 2.24) is 45.4 Å². The topological polar surface area (TPSA) is 180 Å². The lowest BCUT2D eigenvalue weighted by atomic mass is 9.66. The number of benzene rings is 6. The van der Waals surface area contributed by atoms with Crippen LogP contribution in [-0.4, -0.2) is 140 Å². The standard InChI is InChI=1S/2C21H32N2OS.2C21H24N2O.C15H26N2OS.2C2H6/c2*1-5-15-23-16-17-11-13-21(23,14-12-17)19(18-9-7-6-8-10-18)22-25(24)20(2,3)4;2*24-20(18-9-5-2-6-10-18)23-19(17-7-3-1-4-8-17)21-13-11-16(12-14-21)15-22-21;1-5-10-17-11-13-6-8-15(17,9-7-13)12-16-19(18)14(2,3)4;2*1-2/h2*5-10,17,19,22H,1,11-16H2,2-4H3;2*1-10,16,19,22H,11-15H2,(H,23,24);5,12-13H,1,6-11H2,2-4H3;2*1-2H3/t17?,19-,21?,25+;17?,19-,21?,25-;2*16?,19-,21?;13?,15?,19-;;/m10100../s1. The van der Waals surface area contributed by atoms with Crippen molar-refractivity contribution >= 4 is 51.0 Å². The molecular formula is C103H150N10O5S3. The Morgan fingerprint density at radius 1 is 0.397 bits per heavy atom. The van der Waals surface area contributed by atoms with Gasteiger partial charge in [0.1, 0.15) is 11.0 Å². The molecule has 18 heteroatoms. The van der Waals surface area contributed by atoms with Gasteiger partial charge < -0.3 is 21.3 Å². The lowest BCUT2D eigenvalue weighted by Gasteiger charge is -2.58. The van der Waals surface area contributed by atoms with Crippen LogP contribution >= 0.6 is 0 Å². The lowest BCUT2D eigenvalue weighted by Crippen LogP contribution is -2.64. The first kappa shape index (κ1) is 96.5. The number of nitrogens with zero attached hydrogens (tertiary/aromatic N) is 4. The van der Waals surface area contributed by atoms with Crippen LogP contribution in [0.4, 0.5) is 0 Å². The molecule has 0 aromatic heterocycles. The molecule has 5 aliphatic carbocycles. The van der Waals surface area contributed by atoms with Crippen LogP contribution in [0.15, 0.2) is 224 Å². The van der Waals surface area contributed by atoms with E-state index in [1.54, 1.807) is 0 Å². The predicted molar refractivity (Wildman–Crippen MR) is 510 cm³/mol. The average molecular weight is 1700 g/mol. The van der Waals surface area contributed by atoms with E-state index in [9.17, 15) is 22.2 Å². The molecule has 0 unspecified atom stereocenters. The van der Waals surface area contributed by atoms with Gasteiger partial charge in [-0.15, -0.1) is 19.7 Å². The summed E-state index contributed by atoms with van der Waals surface area (Å²) in [6, 6.07) is 61.2. The summed E-state index contributed by atoms with van der Waals surface area (Å²) in [5.41, 5.74) is 6.38. The molecule has 15 aliphatic rings. The Hall–Kier alpha value is -6.68. The first-order valence-corrected chi connectivity index (χ1v) is 49.4. The van der Waals surface area contributed by atoms with E-state index < -0.39 is 33.0 Å². The number of carbonyl (C=O) groups is 2. The molecule has 0 radical (unpaired) electrons.